The summed E-state index contributed by atoms with van der Waals surface area (Å²) in [5.41, 5.74) is 0. The van der Waals surface area contributed by atoms with Crippen LogP contribution in [-0.4, -0.2) is 28.8 Å². The molecule has 0 aliphatic heterocycles. The van der Waals surface area contributed by atoms with Gasteiger partial charge in [0.1, 0.15) is 6.04 Å². The first-order chi connectivity index (χ1) is 8.52. The Bertz CT molecular complexity index is 292. The van der Waals surface area contributed by atoms with Crippen molar-refractivity contribution in [1.29, 1.82) is 0 Å². The van der Waals surface area contributed by atoms with Crippen LogP contribution in [0.1, 0.15) is 39.5 Å². The second-order valence-corrected chi connectivity index (χ2v) is 4.74. The maximum atomic E-state index is 11.6. The summed E-state index contributed by atoms with van der Waals surface area (Å²) in [7, 11) is 0. The number of aliphatic carboxylic acids is 1. The average Bonchev–Trinajstić information content (AvgIpc) is 2.34. The molecule has 0 aromatic heterocycles. The summed E-state index contributed by atoms with van der Waals surface area (Å²) in [5.74, 6) is -0.453. The van der Waals surface area contributed by atoms with Crippen molar-refractivity contribution in [3.63, 3.8) is 0 Å². The van der Waals surface area contributed by atoms with E-state index in [1.807, 2.05) is 26.0 Å². The average molecular weight is 273 g/mol. The van der Waals surface area contributed by atoms with Crippen LogP contribution in [0.3, 0.4) is 0 Å². The SMILES string of the molecule is CCC(C)C(NC(=O)CC/C=C/CCS)C(=O)O. The Morgan fingerprint density at radius 3 is 2.44 bits per heavy atom. The van der Waals surface area contributed by atoms with Crippen LogP contribution < -0.4 is 5.32 Å². The number of allylic oxidation sites excluding steroid dienone is 2. The summed E-state index contributed by atoms with van der Waals surface area (Å²) < 4.78 is 0. The molecule has 104 valence electrons. The van der Waals surface area contributed by atoms with Gasteiger partial charge in [-0.3, -0.25) is 4.79 Å². The molecular weight excluding hydrogens is 250 g/mol. The Morgan fingerprint density at radius 1 is 1.33 bits per heavy atom. The summed E-state index contributed by atoms with van der Waals surface area (Å²) in [6.45, 7) is 3.73. The number of amides is 1. The smallest absolute Gasteiger partial charge is 0.326 e. The van der Waals surface area contributed by atoms with E-state index in [4.69, 9.17) is 5.11 Å². The number of thiol groups is 1. The highest BCUT2D eigenvalue weighted by Gasteiger charge is 2.24. The Morgan fingerprint density at radius 2 is 1.94 bits per heavy atom. The first-order valence-electron chi connectivity index (χ1n) is 6.30. The molecule has 0 aromatic carbocycles. The van der Waals surface area contributed by atoms with Crippen LogP contribution in [0.5, 0.6) is 0 Å². The Labute approximate surface area is 114 Å². The number of carbonyl (C=O) groups is 2. The molecular formula is C13H23NO3S. The van der Waals surface area contributed by atoms with Gasteiger partial charge in [-0.15, -0.1) is 0 Å². The van der Waals surface area contributed by atoms with Gasteiger partial charge in [0.15, 0.2) is 0 Å². The number of carboxylic acids is 1. The lowest BCUT2D eigenvalue weighted by molar-refractivity contribution is -0.143. The van der Waals surface area contributed by atoms with E-state index in [-0.39, 0.29) is 11.8 Å². The molecule has 0 heterocycles. The molecule has 2 N–H and O–H groups in total. The van der Waals surface area contributed by atoms with Crippen molar-refractivity contribution in [3.8, 4) is 0 Å². The lowest BCUT2D eigenvalue weighted by Gasteiger charge is -2.19. The molecule has 1 amide bonds. The molecule has 4 nitrogen and oxygen atoms in total. The molecule has 0 saturated heterocycles. The Hall–Kier alpha value is -0.970. The molecule has 0 radical (unpaired) electrons. The van der Waals surface area contributed by atoms with Crippen molar-refractivity contribution in [2.75, 3.05) is 5.75 Å². The molecule has 0 spiro atoms. The molecule has 0 fully saturated rings. The third kappa shape index (κ3) is 7.37. The highest BCUT2D eigenvalue weighted by Crippen LogP contribution is 2.08. The number of hydrogen-bond donors (Lipinski definition) is 3. The summed E-state index contributed by atoms with van der Waals surface area (Å²) in [6.07, 6.45) is 6.46. The van der Waals surface area contributed by atoms with E-state index in [1.165, 1.54) is 0 Å². The Balaban J connectivity index is 4.07. The molecule has 5 heteroatoms. The van der Waals surface area contributed by atoms with E-state index in [9.17, 15) is 9.59 Å². The minimum absolute atomic E-state index is 0.0637. The van der Waals surface area contributed by atoms with E-state index >= 15 is 0 Å². The topological polar surface area (TPSA) is 66.4 Å². The summed E-state index contributed by atoms with van der Waals surface area (Å²) in [4.78, 5) is 22.6. The van der Waals surface area contributed by atoms with Gasteiger partial charge in [-0.25, -0.2) is 4.79 Å². The van der Waals surface area contributed by atoms with E-state index in [0.717, 1.165) is 18.6 Å². The van der Waals surface area contributed by atoms with Crippen molar-refractivity contribution >= 4 is 24.5 Å². The van der Waals surface area contributed by atoms with Gasteiger partial charge in [0.25, 0.3) is 0 Å². The summed E-state index contributed by atoms with van der Waals surface area (Å²) in [6, 6.07) is -0.788. The summed E-state index contributed by atoms with van der Waals surface area (Å²) >= 11 is 4.07. The quantitative estimate of drug-likeness (QED) is 0.446. The van der Waals surface area contributed by atoms with Crippen LogP contribution in [0.15, 0.2) is 12.2 Å². The van der Waals surface area contributed by atoms with Crippen LogP contribution in [-0.2, 0) is 9.59 Å². The third-order valence-corrected chi connectivity index (χ3v) is 3.05. The number of carbonyl (C=O) groups excluding carboxylic acids is 1. The number of hydrogen-bond acceptors (Lipinski definition) is 3. The van der Waals surface area contributed by atoms with Crippen molar-refractivity contribution in [3.05, 3.63) is 12.2 Å². The third-order valence-electron chi connectivity index (χ3n) is 2.80. The maximum Gasteiger partial charge on any atom is 0.326 e. The van der Waals surface area contributed by atoms with Crippen molar-refractivity contribution in [2.45, 2.75) is 45.6 Å². The largest absolute Gasteiger partial charge is 0.480 e. The Kier molecular flexibility index (Phi) is 9.46. The van der Waals surface area contributed by atoms with Gasteiger partial charge in [-0.05, 0) is 24.5 Å². The van der Waals surface area contributed by atoms with E-state index in [0.29, 0.717) is 12.8 Å². The zero-order chi connectivity index (χ0) is 14.0. The van der Waals surface area contributed by atoms with Gasteiger partial charge in [0, 0.05) is 6.42 Å². The van der Waals surface area contributed by atoms with Crippen LogP contribution >= 0.6 is 12.6 Å². The molecule has 0 aromatic rings. The fourth-order valence-electron chi connectivity index (χ4n) is 1.45. The molecule has 2 atom stereocenters. The van der Waals surface area contributed by atoms with Gasteiger partial charge >= 0.3 is 5.97 Å². The van der Waals surface area contributed by atoms with E-state index < -0.39 is 12.0 Å². The van der Waals surface area contributed by atoms with Crippen LogP contribution in [0.4, 0.5) is 0 Å². The first-order valence-corrected chi connectivity index (χ1v) is 6.94. The minimum atomic E-state index is -0.969. The van der Waals surface area contributed by atoms with Crippen molar-refractivity contribution in [2.24, 2.45) is 5.92 Å². The van der Waals surface area contributed by atoms with Crippen LogP contribution in [0.25, 0.3) is 0 Å². The fraction of sp³-hybridized carbons (Fsp3) is 0.692. The zero-order valence-corrected chi connectivity index (χ0v) is 12.0. The number of nitrogens with one attached hydrogen (secondary N) is 1. The van der Waals surface area contributed by atoms with Gasteiger partial charge in [-0.2, -0.15) is 12.6 Å². The van der Waals surface area contributed by atoms with Crippen molar-refractivity contribution < 1.29 is 14.7 Å². The molecule has 0 aliphatic carbocycles. The molecule has 18 heavy (non-hydrogen) atoms. The second kappa shape index (κ2) is 10.00. The lowest BCUT2D eigenvalue weighted by atomic mass is 9.99. The second-order valence-electron chi connectivity index (χ2n) is 4.29. The summed E-state index contributed by atoms with van der Waals surface area (Å²) in [5, 5.41) is 11.6. The first kappa shape index (κ1) is 17.0. The molecule has 0 saturated carbocycles. The standard InChI is InChI=1S/C13H23NO3S/c1-3-10(2)12(13(16)17)14-11(15)8-6-4-5-7-9-18/h4-5,10,12,18H,3,6-9H2,1-2H3,(H,14,15)(H,16,17)/b5-4+. The van der Waals surface area contributed by atoms with Gasteiger partial charge in [0.2, 0.25) is 5.91 Å². The normalized spacial score (nSPS) is 14.4. The lowest BCUT2D eigenvalue weighted by Crippen LogP contribution is -2.44. The highest BCUT2D eigenvalue weighted by atomic mass is 32.1. The predicted molar refractivity (Wildman–Crippen MR) is 75.9 cm³/mol. The minimum Gasteiger partial charge on any atom is -0.480 e. The van der Waals surface area contributed by atoms with E-state index in [1.54, 1.807) is 0 Å². The maximum absolute atomic E-state index is 11.6. The monoisotopic (exact) mass is 273 g/mol. The molecule has 0 bridgehead atoms. The molecule has 0 rings (SSSR count). The van der Waals surface area contributed by atoms with Crippen LogP contribution in [0.2, 0.25) is 0 Å². The molecule has 0 aliphatic rings. The van der Waals surface area contributed by atoms with Gasteiger partial charge in [0.05, 0.1) is 0 Å². The van der Waals surface area contributed by atoms with Crippen LogP contribution in [0, 0.1) is 5.92 Å². The fourth-order valence-corrected chi connectivity index (χ4v) is 1.60. The predicted octanol–water partition coefficient (Wildman–Crippen LogP) is 2.26. The zero-order valence-electron chi connectivity index (χ0n) is 11.1. The molecule has 2 unspecified atom stereocenters. The highest BCUT2D eigenvalue weighted by molar-refractivity contribution is 7.80. The van der Waals surface area contributed by atoms with Crippen molar-refractivity contribution in [1.82, 2.24) is 5.32 Å². The van der Waals surface area contributed by atoms with E-state index in [2.05, 4.69) is 17.9 Å². The van der Waals surface area contributed by atoms with Gasteiger partial charge in [-0.1, -0.05) is 32.4 Å². The number of carboxylic acid groups (broad SMARTS) is 1. The van der Waals surface area contributed by atoms with Gasteiger partial charge < -0.3 is 10.4 Å². The number of rotatable bonds is 9.